The first-order valence-corrected chi connectivity index (χ1v) is 9.48. The van der Waals surface area contributed by atoms with Crippen LogP contribution in [0.5, 0.6) is 5.75 Å². The number of amides is 2. The van der Waals surface area contributed by atoms with Crippen LogP contribution in [0.4, 0.5) is 0 Å². The molecule has 1 N–H and O–H groups in total. The van der Waals surface area contributed by atoms with Crippen molar-refractivity contribution in [2.24, 2.45) is 0 Å². The maximum absolute atomic E-state index is 13.1. The number of rotatable bonds is 3. The highest BCUT2D eigenvalue weighted by atomic mass is 35.5. The number of furan rings is 1. The van der Waals surface area contributed by atoms with Crippen molar-refractivity contribution in [2.75, 3.05) is 13.1 Å². The number of hydrogen-bond donors (Lipinski definition) is 1. The number of phenolic OH excluding ortho intramolecular Hbond substituents is 1. The fraction of sp³-hybridized carbons (Fsp3) is 0.250. The average Bonchev–Trinajstić information content (AvgIpc) is 3.51. The second-order valence-corrected chi connectivity index (χ2v) is 7.61. The van der Waals surface area contributed by atoms with Gasteiger partial charge in [0, 0.05) is 13.1 Å². The molecule has 2 aliphatic rings. The van der Waals surface area contributed by atoms with E-state index in [0.717, 1.165) is 0 Å². The molecule has 2 amide bonds. The summed E-state index contributed by atoms with van der Waals surface area (Å²) in [7, 11) is 0. The molecule has 9 heteroatoms. The summed E-state index contributed by atoms with van der Waals surface area (Å²) in [4.78, 5) is 29.5. The topological polar surface area (TPSA) is 100 Å². The number of benzene rings is 1. The number of fused-ring (bicyclic) bond motifs is 2. The van der Waals surface area contributed by atoms with Crippen LogP contribution in [0.3, 0.4) is 0 Å². The van der Waals surface area contributed by atoms with Gasteiger partial charge in [0.2, 0.25) is 0 Å². The van der Waals surface area contributed by atoms with Gasteiger partial charge >= 0.3 is 0 Å². The first-order valence-electron chi connectivity index (χ1n) is 9.10. The van der Waals surface area contributed by atoms with E-state index in [1.807, 2.05) is 0 Å². The molecule has 5 rings (SSSR count). The van der Waals surface area contributed by atoms with E-state index in [4.69, 9.17) is 20.5 Å². The molecular formula is C20H16ClN3O5. The highest BCUT2D eigenvalue weighted by Gasteiger charge is 2.48. The number of piperazine rings is 1. The fourth-order valence-electron chi connectivity index (χ4n) is 4.14. The average molecular weight is 414 g/mol. The smallest absolute Gasteiger partial charge is 0.259 e. The van der Waals surface area contributed by atoms with E-state index in [0.29, 0.717) is 36.4 Å². The zero-order valence-corrected chi connectivity index (χ0v) is 15.9. The molecule has 2 aromatic heterocycles. The van der Waals surface area contributed by atoms with Crippen molar-refractivity contribution >= 4 is 23.4 Å². The summed E-state index contributed by atoms with van der Waals surface area (Å²) < 4.78 is 10.3. The molecule has 0 aliphatic carbocycles. The summed E-state index contributed by atoms with van der Waals surface area (Å²) in [5.41, 5.74) is 1.27. The molecule has 8 nitrogen and oxygen atoms in total. The van der Waals surface area contributed by atoms with Crippen molar-refractivity contribution in [3.8, 4) is 17.1 Å². The van der Waals surface area contributed by atoms with Gasteiger partial charge in [0.25, 0.3) is 11.8 Å². The predicted octanol–water partition coefficient (Wildman–Crippen LogP) is 3.03. The number of aromatic nitrogens is 1. The van der Waals surface area contributed by atoms with Gasteiger partial charge in [-0.15, -0.1) is 0 Å². The van der Waals surface area contributed by atoms with Crippen LogP contribution in [0.1, 0.15) is 27.1 Å². The molecule has 0 unspecified atom stereocenters. The van der Waals surface area contributed by atoms with E-state index >= 15 is 0 Å². The lowest BCUT2D eigenvalue weighted by molar-refractivity contribution is 0.0526. The zero-order chi connectivity index (χ0) is 20.1. The van der Waals surface area contributed by atoms with Gasteiger partial charge in [0.05, 0.1) is 40.7 Å². The van der Waals surface area contributed by atoms with E-state index in [9.17, 15) is 14.7 Å². The molecule has 0 radical (unpaired) electrons. The Balaban J connectivity index is 1.34. The third-order valence-electron chi connectivity index (χ3n) is 5.53. The Morgan fingerprint density at radius 2 is 1.83 bits per heavy atom. The summed E-state index contributed by atoms with van der Waals surface area (Å²) in [5.74, 6) is -0.0730. The van der Waals surface area contributed by atoms with Crippen LogP contribution >= 0.6 is 11.6 Å². The molecule has 2 saturated heterocycles. The number of carbonyl (C=O) groups is 2. The maximum Gasteiger partial charge on any atom is 0.259 e. The van der Waals surface area contributed by atoms with Gasteiger partial charge in [0.15, 0.2) is 5.76 Å². The predicted molar refractivity (Wildman–Crippen MR) is 102 cm³/mol. The lowest BCUT2D eigenvalue weighted by Crippen LogP contribution is -2.50. The van der Waals surface area contributed by atoms with Gasteiger partial charge in [0.1, 0.15) is 17.6 Å². The number of hydrogen-bond acceptors (Lipinski definition) is 6. The highest BCUT2D eigenvalue weighted by molar-refractivity contribution is 6.33. The van der Waals surface area contributed by atoms with Crippen LogP contribution in [0, 0.1) is 0 Å². The van der Waals surface area contributed by atoms with Crippen molar-refractivity contribution in [3.05, 3.63) is 59.1 Å². The Morgan fingerprint density at radius 1 is 1.10 bits per heavy atom. The Labute approximate surface area is 170 Å². The second kappa shape index (κ2) is 6.66. The van der Waals surface area contributed by atoms with Gasteiger partial charge < -0.3 is 23.8 Å². The second-order valence-electron chi connectivity index (χ2n) is 7.20. The summed E-state index contributed by atoms with van der Waals surface area (Å²) in [6.45, 7) is 0.829. The largest absolute Gasteiger partial charge is 0.508 e. The summed E-state index contributed by atoms with van der Waals surface area (Å²) >= 11 is 6.14. The first kappa shape index (κ1) is 17.8. The van der Waals surface area contributed by atoms with Crippen molar-refractivity contribution in [3.63, 3.8) is 0 Å². The van der Waals surface area contributed by atoms with Crippen molar-refractivity contribution in [1.29, 1.82) is 0 Å². The van der Waals surface area contributed by atoms with E-state index in [1.54, 1.807) is 15.9 Å². The quantitative estimate of drug-likeness (QED) is 0.708. The van der Waals surface area contributed by atoms with Crippen LogP contribution in [0.25, 0.3) is 11.3 Å². The number of carbonyl (C=O) groups excluding carboxylic acids is 2. The SMILES string of the molecule is O=C(c1cc(O)ccc1Cl)N1C[C@@H]2C[C@H]1CN2C(=O)c1cnoc1-c1ccoc1. The van der Waals surface area contributed by atoms with Gasteiger partial charge in [-0.05, 0) is 30.7 Å². The summed E-state index contributed by atoms with van der Waals surface area (Å²) in [6, 6.07) is 5.80. The van der Waals surface area contributed by atoms with Crippen LogP contribution < -0.4 is 0 Å². The van der Waals surface area contributed by atoms with Crippen molar-refractivity contribution < 1.29 is 23.6 Å². The lowest BCUT2D eigenvalue weighted by atomic mass is 10.1. The zero-order valence-electron chi connectivity index (χ0n) is 15.1. The number of nitrogens with zero attached hydrogens (tertiary/aromatic N) is 3. The van der Waals surface area contributed by atoms with Gasteiger partial charge in [-0.3, -0.25) is 9.59 Å². The van der Waals surface area contributed by atoms with Crippen LogP contribution in [-0.4, -0.2) is 57.1 Å². The molecule has 0 spiro atoms. The van der Waals surface area contributed by atoms with E-state index in [2.05, 4.69) is 5.16 Å². The molecule has 29 heavy (non-hydrogen) atoms. The number of aromatic hydroxyl groups is 1. The minimum Gasteiger partial charge on any atom is -0.508 e. The highest BCUT2D eigenvalue weighted by Crippen LogP contribution is 2.35. The molecule has 0 saturated carbocycles. The molecule has 148 valence electrons. The number of phenols is 1. The monoisotopic (exact) mass is 413 g/mol. The third kappa shape index (κ3) is 2.87. The van der Waals surface area contributed by atoms with E-state index in [1.165, 1.54) is 36.9 Å². The van der Waals surface area contributed by atoms with E-state index in [-0.39, 0.29) is 40.2 Å². The Kier molecular flexibility index (Phi) is 4.09. The van der Waals surface area contributed by atoms with Gasteiger partial charge in [-0.2, -0.15) is 0 Å². The van der Waals surface area contributed by atoms with Crippen molar-refractivity contribution in [1.82, 2.24) is 15.0 Å². The van der Waals surface area contributed by atoms with Crippen molar-refractivity contribution in [2.45, 2.75) is 18.5 Å². The maximum atomic E-state index is 13.1. The molecule has 2 bridgehead atoms. The van der Waals surface area contributed by atoms with Crippen LogP contribution in [0.2, 0.25) is 5.02 Å². The summed E-state index contributed by atoms with van der Waals surface area (Å²) in [5, 5.41) is 13.7. The van der Waals surface area contributed by atoms with Crippen LogP contribution in [-0.2, 0) is 0 Å². The molecular weight excluding hydrogens is 398 g/mol. The molecule has 2 atom stereocenters. The Hall–Kier alpha value is -3.26. The number of halogens is 1. The minimum absolute atomic E-state index is 0.0156. The normalized spacial score (nSPS) is 20.4. The van der Waals surface area contributed by atoms with Crippen LogP contribution in [0.15, 0.2) is 51.9 Å². The first-order chi connectivity index (χ1) is 14.0. The lowest BCUT2D eigenvalue weighted by Gasteiger charge is -2.34. The number of likely N-dealkylation sites (tertiary alicyclic amines) is 2. The third-order valence-corrected chi connectivity index (χ3v) is 5.86. The minimum atomic E-state index is -0.241. The van der Waals surface area contributed by atoms with Gasteiger partial charge in [-0.25, -0.2) is 0 Å². The molecule has 4 heterocycles. The fourth-order valence-corrected chi connectivity index (χ4v) is 4.34. The molecule has 2 fully saturated rings. The van der Waals surface area contributed by atoms with E-state index < -0.39 is 0 Å². The van der Waals surface area contributed by atoms with Gasteiger partial charge in [-0.1, -0.05) is 16.8 Å². The standard InChI is InChI=1S/C20H16ClN3O5/c21-17-2-1-14(25)6-15(17)19(26)23-8-13-5-12(23)9-24(13)20(27)16-7-22-29-18(16)11-3-4-28-10-11/h1-4,6-7,10,12-13,25H,5,8-9H2/t12-,13-/m0/s1. The molecule has 2 aliphatic heterocycles. The Bertz CT molecular complexity index is 1090. The Morgan fingerprint density at radius 3 is 2.48 bits per heavy atom. The molecule has 1 aromatic carbocycles. The molecule has 3 aromatic rings. The summed E-state index contributed by atoms with van der Waals surface area (Å²) in [6.07, 6.45) is 5.10.